The van der Waals surface area contributed by atoms with Gasteiger partial charge in [-0.3, -0.25) is 4.79 Å². The van der Waals surface area contributed by atoms with Gasteiger partial charge >= 0.3 is 0 Å². The van der Waals surface area contributed by atoms with Gasteiger partial charge in [0.15, 0.2) is 0 Å². The maximum atomic E-state index is 11.9. The first-order chi connectivity index (χ1) is 9.16. The largest absolute Gasteiger partial charge is 0.507 e. The maximum Gasteiger partial charge on any atom is 0.251 e. The SMILES string of the molecule is O=C(NCCC1CCCCC1)c1ccc(I)c(O)c1. The van der Waals surface area contributed by atoms with Crippen molar-refractivity contribution in [3.63, 3.8) is 0 Å². The lowest BCUT2D eigenvalue weighted by Crippen LogP contribution is -2.26. The molecule has 0 unspecified atom stereocenters. The third-order valence-corrected chi connectivity index (χ3v) is 4.68. The van der Waals surface area contributed by atoms with E-state index in [1.807, 2.05) is 22.6 Å². The van der Waals surface area contributed by atoms with Gasteiger partial charge in [0.2, 0.25) is 0 Å². The monoisotopic (exact) mass is 373 g/mol. The molecule has 1 saturated carbocycles. The molecule has 0 aromatic heterocycles. The standard InChI is InChI=1S/C15H20INO2/c16-13-7-6-12(10-14(13)18)15(19)17-9-8-11-4-2-1-3-5-11/h6-7,10-11,18H,1-5,8-9H2,(H,17,19). The molecule has 1 aliphatic carbocycles. The number of nitrogens with one attached hydrogen (secondary N) is 1. The van der Waals surface area contributed by atoms with Crippen molar-refractivity contribution in [3.8, 4) is 5.75 Å². The Morgan fingerprint density at radius 3 is 2.74 bits per heavy atom. The van der Waals surface area contributed by atoms with E-state index in [9.17, 15) is 9.90 Å². The number of hydrogen-bond acceptors (Lipinski definition) is 2. The molecule has 19 heavy (non-hydrogen) atoms. The number of carbonyl (C=O) groups excluding carboxylic acids is 1. The molecule has 0 saturated heterocycles. The van der Waals surface area contributed by atoms with E-state index < -0.39 is 0 Å². The molecule has 4 heteroatoms. The predicted molar refractivity (Wildman–Crippen MR) is 84.3 cm³/mol. The van der Waals surface area contributed by atoms with Crippen molar-refractivity contribution >= 4 is 28.5 Å². The molecule has 0 atom stereocenters. The second kappa shape index (κ2) is 7.12. The van der Waals surface area contributed by atoms with Crippen LogP contribution in [0, 0.1) is 9.49 Å². The van der Waals surface area contributed by atoms with Crippen molar-refractivity contribution in [1.29, 1.82) is 0 Å². The zero-order chi connectivity index (χ0) is 13.7. The molecule has 3 nitrogen and oxygen atoms in total. The lowest BCUT2D eigenvalue weighted by molar-refractivity contribution is 0.0950. The van der Waals surface area contributed by atoms with E-state index in [0.717, 1.165) is 22.5 Å². The molecule has 2 N–H and O–H groups in total. The number of amides is 1. The number of benzene rings is 1. The summed E-state index contributed by atoms with van der Waals surface area (Å²) < 4.78 is 0.761. The minimum Gasteiger partial charge on any atom is -0.507 e. The van der Waals surface area contributed by atoms with Crippen LogP contribution < -0.4 is 5.32 Å². The van der Waals surface area contributed by atoms with Crippen LogP contribution in [0.3, 0.4) is 0 Å². The fourth-order valence-electron chi connectivity index (χ4n) is 2.62. The van der Waals surface area contributed by atoms with Crippen LogP contribution in [0.2, 0.25) is 0 Å². The van der Waals surface area contributed by atoms with Crippen LogP contribution in [0.5, 0.6) is 5.75 Å². The van der Waals surface area contributed by atoms with Gasteiger partial charge < -0.3 is 10.4 Å². The summed E-state index contributed by atoms with van der Waals surface area (Å²) >= 11 is 2.04. The Balaban J connectivity index is 1.78. The zero-order valence-corrected chi connectivity index (χ0v) is 13.2. The van der Waals surface area contributed by atoms with Gasteiger partial charge in [-0.2, -0.15) is 0 Å². The lowest BCUT2D eigenvalue weighted by atomic mass is 9.87. The molecule has 0 bridgehead atoms. The molecular formula is C15H20INO2. The van der Waals surface area contributed by atoms with E-state index >= 15 is 0 Å². The third-order valence-electron chi connectivity index (χ3n) is 3.77. The van der Waals surface area contributed by atoms with Gasteiger partial charge in [0.1, 0.15) is 5.75 Å². The maximum absolute atomic E-state index is 11.9. The number of phenolic OH excluding ortho intramolecular Hbond substituents is 1. The van der Waals surface area contributed by atoms with Crippen LogP contribution in [-0.2, 0) is 0 Å². The summed E-state index contributed by atoms with van der Waals surface area (Å²) in [6.45, 7) is 0.732. The first-order valence-corrected chi connectivity index (χ1v) is 8.01. The average Bonchev–Trinajstić information content (AvgIpc) is 2.43. The summed E-state index contributed by atoms with van der Waals surface area (Å²) in [4.78, 5) is 11.9. The number of phenols is 1. The van der Waals surface area contributed by atoms with Crippen molar-refractivity contribution in [2.75, 3.05) is 6.54 Å². The number of halogens is 1. The van der Waals surface area contributed by atoms with Gasteiger partial charge in [0.25, 0.3) is 5.91 Å². The molecular weight excluding hydrogens is 353 g/mol. The van der Waals surface area contributed by atoms with Gasteiger partial charge in [-0.05, 0) is 53.1 Å². The minimum absolute atomic E-state index is 0.0949. The van der Waals surface area contributed by atoms with E-state index in [0.29, 0.717) is 5.56 Å². The van der Waals surface area contributed by atoms with Gasteiger partial charge in [0, 0.05) is 12.1 Å². The smallest absolute Gasteiger partial charge is 0.251 e. The Bertz CT molecular complexity index is 442. The summed E-state index contributed by atoms with van der Waals surface area (Å²) in [5.41, 5.74) is 0.529. The van der Waals surface area contributed by atoms with Crippen LogP contribution in [0.4, 0.5) is 0 Å². The minimum atomic E-state index is -0.0949. The van der Waals surface area contributed by atoms with Crippen molar-refractivity contribution in [1.82, 2.24) is 5.32 Å². The van der Waals surface area contributed by atoms with Crippen molar-refractivity contribution in [3.05, 3.63) is 27.3 Å². The molecule has 0 spiro atoms. The van der Waals surface area contributed by atoms with Crippen molar-refractivity contribution < 1.29 is 9.90 Å². The molecule has 2 rings (SSSR count). The molecule has 1 aromatic rings. The highest BCUT2D eigenvalue weighted by Crippen LogP contribution is 2.25. The molecule has 1 aromatic carbocycles. The fraction of sp³-hybridized carbons (Fsp3) is 0.533. The molecule has 1 fully saturated rings. The molecule has 0 radical (unpaired) electrons. The van der Waals surface area contributed by atoms with E-state index in [1.54, 1.807) is 12.1 Å². The van der Waals surface area contributed by atoms with Gasteiger partial charge in [-0.25, -0.2) is 0 Å². The Hall–Kier alpha value is -0.780. The number of aromatic hydroxyl groups is 1. The molecule has 0 aliphatic heterocycles. The Kier molecular flexibility index (Phi) is 5.48. The van der Waals surface area contributed by atoms with E-state index in [1.165, 1.54) is 38.2 Å². The van der Waals surface area contributed by atoms with E-state index in [-0.39, 0.29) is 11.7 Å². The normalized spacial score (nSPS) is 16.3. The number of carbonyl (C=O) groups is 1. The quantitative estimate of drug-likeness (QED) is 0.791. The lowest BCUT2D eigenvalue weighted by Gasteiger charge is -2.21. The van der Waals surface area contributed by atoms with Crippen LogP contribution >= 0.6 is 22.6 Å². The Labute approximate surface area is 127 Å². The summed E-state index contributed by atoms with van der Waals surface area (Å²) in [6.07, 6.45) is 7.72. The average molecular weight is 373 g/mol. The van der Waals surface area contributed by atoms with Gasteiger partial charge in [-0.15, -0.1) is 0 Å². The fourth-order valence-corrected chi connectivity index (χ4v) is 2.96. The number of hydrogen-bond donors (Lipinski definition) is 2. The summed E-state index contributed by atoms with van der Waals surface area (Å²) in [7, 11) is 0. The van der Waals surface area contributed by atoms with E-state index in [4.69, 9.17) is 0 Å². The second-order valence-electron chi connectivity index (χ2n) is 5.21. The van der Waals surface area contributed by atoms with Gasteiger partial charge in [-0.1, -0.05) is 32.1 Å². The molecule has 1 amide bonds. The van der Waals surface area contributed by atoms with Crippen LogP contribution in [-0.4, -0.2) is 17.6 Å². The molecule has 1 aliphatic rings. The van der Waals surface area contributed by atoms with Crippen LogP contribution in [0.1, 0.15) is 48.9 Å². The third kappa shape index (κ3) is 4.37. The Morgan fingerprint density at radius 2 is 2.05 bits per heavy atom. The summed E-state index contributed by atoms with van der Waals surface area (Å²) in [6, 6.07) is 5.03. The molecule has 0 heterocycles. The second-order valence-corrected chi connectivity index (χ2v) is 6.38. The van der Waals surface area contributed by atoms with Crippen molar-refractivity contribution in [2.24, 2.45) is 5.92 Å². The van der Waals surface area contributed by atoms with Crippen LogP contribution in [0.25, 0.3) is 0 Å². The zero-order valence-electron chi connectivity index (χ0n) is 11.0. The predicted octanol–water partition coefficient (Wildman–Crippen LogP) is 3.70. The summed E-state index contributed by atoms with van der Waals surface area (Å²) in [5, 5.41) is 12.5. The highest BCUT2D eigenvalue weighted by Gasteiger charge is 2.14. The topological polar surface area (TPSA) is 49.3 Å². The highest BCUT2D eigenvalue weighted by atomic mass is 127. The van der Waals surface area contributed by atoms with E-state index in [2.05, 4.69) is 5.32 Å². The number of rotatable bonds is 4. The van der Waals surface area contributed by atoms with Crippen LogP contribution in [0.15, 0.2) is 18.2 Å². The molecule has 104 valence electrons. The Morgan fingerprint density at radius 1 is 1.32 bits per heavy atom. The first kappa shape index (κ1) is 14.6. The van der Waals surface area contributed by atoms with Crippen molar-refractivity contribution in [2.45, 2.75) is 38.5 Å². The highest BCUT2D eigenvalue weighted by molar-refractivity contribution is 14.1. The van der Waals surface area contributed by atoms with Gasteiger partial charge in [0.05, 0.1) is 3.57 Å². The first-order valence-electron chi connectivity index (χ1n) is 6.93. The summed E-state index contributed by atoms with van der Waals surface area (Å²) in [5.74, 6) is 0.849.